The summed E-state index contributed by atoms with van der Waals surface area (Å²) in [4.78, 5) is 11.0. The molecule has 0 radical (unpaired) electrons. The third kappa shape index (κ3) is 3.61. The van der Waals surface area contributed by atoms with Gasteiger partial charge in [-0.15, -0.1) is 5.75 Å². The number of benzene rings is 2. The van der Waals surface area contributed by atoms with E-state index in [0.717, 1.165) is 22.3 Å². The van der Waals surface area contributed by atoms with Crippen LogP contribution in [0.25, 0.3) is 11.1 Å². The Morgan fingerprint density at radius 2 is 1.25 bits per heavy atom. The van der Waals surface area contributed by atoms with Gasteiger partial charge in [-0.2, -0.15) is 0 Å². The highest BCUT2D eigenvalue weighted by Crippen LogP contribution is 2.40. The van der Waals surface area contributed by atoms with Crippen LogP contribution in [0.4, 0.5) is 0 Å². The number of carboxylic acids is 1. The lowest BCUT2D eigenvalue weighted by molar-refractivity contribution is -0.271. The van der Waals surface area contributed by atoms with Gasteiger partial charge in [-0.05, 0) is 45.2 Å². The fourth-order valence-electron chi connectivity index (χ4n) is 2.71. The van der Waals surface area contributed by atoms with E-state index in [4.69, 9.17) is 5.11 Å². The van der Waals surface area contributed by atoms with Gasteiger partial charge in [0.15, 0.2) is 0 Å². The molecular formula is C21H25O3-. The summed E-state index contributed by atoms with van der Waals surface area (Å²) in [7, 11) is 0. The number of rotatable bonds is 2. The molecule has 0 aliphatic carbocycles. The fourth-order valence-corrected chi connectivity index (χ4v) is 2.71. The maximum Gasteiger partial charge on any atom is 0.335 e. The third-order valence-corrected chi connectivity index (χ3v) is 4.17. The van der Waals surface area contributed by atoms with Gasteiger partial charge in [-0.3, -0.25) is 0 Å². The fraction of sp³-hybridized carbons (Fsp3) is 0.381. The van der Waals surface area contributed by atoms with Gasteiger partial charge in [0, 0.05) is 0 Å². The van der Waals surface area contributed by atoms with Crippen molar-refractivity contribution >= 4 is 5.97 Å². The Hall–Kier alpha value is -2.29. The SMILES string of the molecule is CC(C)(C)c1cc(-c2ccc(C(=O)O)cc2)cc(C(C)(C)C)c1[O-]. The third-order valence-electron chi connectivity index (χ3n) is 4.17. The summed E-state index contributed by atoms with van der Waals surface area (Å²) in [5.41, 5.74) is 3.17. The van der Waals surface area contributed by atoms with Gasteiger partial charge < -0.3 is 10.2 Å². The summed E-state index contributed by atoms with van der Waals surface area (Å²) >= 11 is 0. The molecule has 0 fully saturated rings. The average Bonchev–Trinajstić information content (AvgIpc) is 2.45. The molecule has 0 aromatic heterocycles. The first-order valence-electron chi connectivity index (χ1n) is 8.11. The minimum Gasteiger partial charge on any atom is -0.872 e. The Bertz CT molecular complexity index is 722. The van der Waals surface area contributed by atoms with Gasteiger partial charge in [0.25, 0.3) is 0 Å². The molecule has 2 aromatic carbocycles. The minimum absolute atomic E-state index is 0.0981. The highest BCUT2D eigenvalue weighted by molar-refractivity contribution is 5.88. The van der Waals surface area contributed by atoms with E-state index in [1.165, 1.54) is 0 Å². The molecule has 0 saturated heterocycles. The molecule has 128 valence electrons. The van der Waals surface area contributed by atoms with Crippen LogP contribution in [0, 0.1) is 0 Å². The van der Waals surface area contributed by atoms with Crippen molar-refractivity contribution in [1.82, 2.24) is 0 Å². The minimum atomic E-state index is -0.942. The summed E-state index contributed by atoms with van der Waals surface area (Å²) in [5, 5.41) is 22.0. The van der Waals surface area contributed by atoms with Crippen LogP contribution >= 0.6 is 0 Å². The summed E-state index contributed by atoms with van der Waals surface area (Å²) in [6.45, 7) is 12.2. The smallest absolute Gasteiger partial charge is 0.335 e. The Morgan fingerprint density at radius 3 is 1.58 bits per heavy atom. The van der Waals surface area contributed by atoms with Crippen LogP contribution in [0.5, 0.6) is 5.75 Å². The molecule has 2 aromatic rings. The Morgan fingerprint density at radius 1 is 0.833 bits per heavy atom. The number of hydrogen-bond donors (Lipinski definition) is 1. The molecule has 1 N–H and O–H groups in total. The number of carbonyl (C=O) groups is 1. The van der Waals surface area contributed by atoms with Crippen molar-refractivity contribution in [3.63, 3.8) is 0 Å². The molecule has 0 unspecified atom stereocenters. The highest BCUT2D eigenvalue weighted by Gasteiger charge is 2.22. The van der Waals surface area contributed by atoms with E-state index in [0.29, 0.717) is 0 Å². The Balaban J connectivity index is 2.68. The topological polar surface area (TPSA) is 60.4 Å². The summed E-state index contributed by atoms with van der Waals surface area (Å²) in [5.74, 6) is -0.844. The summed E-state index contributed by atoms with van der Waals surface area (Å²) in [6, 6.07) is 10.7. The van der Waals surface area contributed by atoms with Crippen LogP contribution in [0.3, 0.4) is 0 Å². The van der Waals surface area contributed by atoms with Gasteiger partial charge in [-0.1, -0.05) is 65.8 Å². The van der Waals surface area contributed by atoms with Crippen LogP contribution in [-0.4, -0.2) is 11.1 Å². The molecular weight excluding hydrogens is 300 g/mol. The van der Waals surface area contributed by atoms with Crippen molar-refractivity contribution in [2.45, 2.75) is 52.4 Å². The van der Waals surface area contributed by atoms with Crippen molar-refractivity contribution in [3.8, 4) is 16.9 Å². The lowest BCUT2D eigenvalue weighted by Crippen LogP contribution is -2.21. The zero-order valence-electron chi connectivity index (χ0n) is 15.2. The van der Waals surface area contributed by atoms with Crippen molar-refractivity contribution in [2.75, 3.05) is 0 Å². The van der Waals surface area contributed by atoms with E-state index in [-0.39, 0.29) is 22.1 Å². The van der Waals surface area contributed by atoms with Crippen LogP contribution in [0.15, 0.2) is 36.4 Å². The van der Waals surface area contributed by atoms with Crippen LogP contribution in [0.2, 0.25) is 0 Å². The standard InChI is InChI=1S/C21H26O3/c1-20(2,3)16-11-15(12-17(18(16)22)21(4,5)6)13-7-9-14(10-8-13)19(23)24/h7-12,22H,1-6H3,(H,23,24)/p-1. The summed E-state index contributed by atoms with van der Waals surface area (Å²) < 4.78 is 0. The quantitative estimate of drug-likeness (QED) is 0.869. The second-order valence-corrected chi connectivity index (χ2v) is 8.28. The van der Waals surface area contributed by atoms with Crippen LogP contribution < -0.4 is 5.11 Å². The van der Waals surface area contributed by atoms with E-state index < -0.39 is 5.97 Å². The van der Waals surface area contributed by atoms with Crippen LogP contribution in [0.1, 0.15) is 63.0 Å². The van der Waals surface area contributed by atoms with Gasteiger partial charge in [0.05, 0.1) is 5.56 Å². The van der Waals surface area contributed by atoms with Gasteiger partial charge in [0.2, 0.25) is 0 Å². The molecule has 24 heavy (non-hydrogen) atoms. The van der Waals surface area contributed by atoms with E-state index >= 15 is 0 Å². The molecule has 0 spiro atoms. The van der Waals surface area contributed by atoms with Gasteiger partial charge >= 0.3 is 5.97 Å². The van der Waals surface area contributed by atoms with Crippen molar-refractivity contribution in [1.29, 1.82) is 0 Å². The first-order valence-corrected chi connectivity index (χ1v) is 8.11. The second kappa shape index (κ2) is 5.97. The predicted molar refractivity (Wildman–Crippen MR) is 95.7 cm³/mol. The Kier molecular flexibility index (Phi) is 4.49. The van der Waals surface area contributed by atoms with E-state index in [1.54, 1.807) is 24.3 Å². The number of carboxylic acid groups (broad SMARTS) is 1. The Labute approximate surface area is 144 Å². The molecule has 0 saturated carbocycles. The normalized spacial score (nSPS) is 12.2. The molecule has 0 aliphatic rings. The largest absolute Gasteiger partial charge is 0.872 e. The van der Waals surface area contributed by atoms with E-state index in [9.17, 15) is 9.90 Å². The molecule has 3 heteroatoms. The summed E-state index contributed by atoms with van der Waals surface area (Å²) in [6.07, 6.45) is 0. The monoisotopic (exact) mass is 325 g/mol. The second-order valence-electron chi connectivity index (χ2n) is 8.28. The van der Waals surface area contributed by atoms with Crippen molar-refractivity contribution in [2.24, 2.45) is 0 Å². The zero-order valence-corrected chi connectivity index (χ0v) is 15.2. The van der Waals surface area contributed by atoms with Crippen molar-refractivity contribution in [3.05, 3.63) is 53.1 Å². The molecule has 0 bridgehead atoms. The molecule has 0 atom stereocenters. The molecule has 3 nitrogen and oxygen atoms in total. The zero-order chi connectivity index (χ0) is 18.3. The molecule has 0 aliphatic heterocycles. The first kappa shape index (κ1) is 18.1. The molecule has 2 rings (SSSR count). The lowest BCUT2D eigenvalue weighted by Gasteiger charge is -2.34. The number of hydrogen-bond acceptors (Lipinski definition) is 2. The highest BCUT2D eigenvalue weighted by atomic mass is 16.4. The van der Waals surface area contributed by atoms with E-state index in [1.807, 2.05) is 53.7 Å². The van der Waals surface area contributed by atoms with Gasteiger partial charge in [-0.25, -0.2) is 4.79 Å². The van der Waals surface area contributed by atoms with Crippen molar-refractivity contribution < 1.29 is 15.0 Å². The molecule has 0 amide bonds. The van der Waals surface area contributed by atoms with Gasteiger partial charge in [0.1, 0.15) is 0 Å². The first-order chi connectivity index (χ1) is 10.9. The molecule has 0 heterocycles. The predicted octanol–water partition coefficient (Wildman–Crippen LogP) is 4.72. The van der Waals surface area contributed by atoms with Crippen LogP contribution in [-0.2, 0) is 10.8 Å². The maximum atomic E-state index is 12.9. The maximum absolute atomic E-state index is 12.9. The average molecular weight is 325 g/mol. The lowest BCUT2D eigenvalue weighted by atomic mass is 9.78. The number of aromatic carboxylic acids is 1. The van der Waals surface area contributed by atoms with E-state index in [2.05, 4.69) is 0 Å².